The summed E-state index contributed by atoms with van der Waals surface area (Å²) in [7, 11) is 1.92. The van der Waals surface area contributed by atoms with Crippen LogP contribution in [-0.2, 0) is 16.1 Å². The third-order valence-electron chi connectivity index (χ3n) is 3.41. The molecule has 0 saturated carbocycles. The van der Waals surface area contributed by atoms with E-state index >= 15 is 0 Å². The van der Waals surface area contributed by atoms with Crippen LogP contribution in [0.5, 0.6) is 0 Å². The zero-order chi connectivity index (χ0) is 15.2. The maximum atomic E-state index is 12.1. The molecule has 1 aliphatic heterocycles. The number of nitrogens with zero attached hydrogens (tertiary/aromatic N) is 2. The van der Waals surface area contributed by atoms with Gasteiger partial charge in [0, 0.05) is 24.5 Å². The average Bonchev–Trinajstić information content (AvgIpc) is 2.48. The van der Waals surface area contributed by atoms with Crippen molar-refractivity contribution in [1.29, 1.82) is 0 Å². The Kier molecular flexibility index (Phi) is 5.64. The van der Waals surface area contributed by atoms with Gasteiger partial charge in [0.2, 0.25) is 11.8 Å². The molecule has 0 spiro atoms. The molecule has 6 heteroatoms. The van der Waals surface area contributed by atoms with Crippen molar-refractivity contribution in [3.63, 3.8) is 0 Å². The Bertz CT molecular complexity index is 504. The molecule has 1 aliphatic rings. The van der Waals surface area contributed by atoms with E-state index in [4.69, 9.17) is 0 Å². The summed E-state index contributed by atoms with van der Waals surface area (Å²) in [5, 5.41) is 2.72. The van der Waals surface area contributed by atoms with Crippen molar-refractivity contribution in [1.82, 2.24) is 15.1 Å². The minimum absolute atomic E-state index is 0.00749. The molecule has 1 aromatic carbocycles. The van der Waals surface area contributed by atoms with Crippen LogP contribution < -0.4 is 5.32 Å². The highest BCUT2D eigenvalue weighted by Gasteiger charge is 2.21. The van der Waals surface area contributed by atoms with Crippen LogP contribution in [0.15, 0.2) is 29.2 Å². The lowest BCUT2D eigenvalue weighted by Crippen LogP contribution is -2.52. The first kappa shape index (κ1) is 15.9. The molecule has 21 heavy (non-hydrogen) atoms. The minimum Gasteiger partial charge on any atom is -0.353 e. The lowest BCUT2D eigenvalue weighted by molar-refractivity contribution is -0.138. The second-order valence-electron chi connectivity index (χ2n) is 5.19. The van der Waals surface area contributed by atoms with Crippen LogP contribution in [0.4, 0.5) is 0 Å². The topological polar surface area (TPSA) is 52.7 Å². The summed E-state index contributed by atoms with van der Waals surface area (Å²) >= 11 is 1.71. The molecule has 1 aromatic rings. The molecule has 1 fully saturated rings. The van der Waals surface area contributed by atoms with Crippen LogP contribution in [0.1, 0.15) is 5.56 Å². The van der Waals surface area contributed by atoms with Crippen LogP contribution in [0.3, 0.4) is 0 Å². The Morgan fingerprint density at radius 3 is 2.71 bits per heavy atom. The molecule has 0 atom stereocenters. The van der Waals surface area contributed by atoms with Gasteiger partial charge in [-0.25, -0.2) is 0 Å². The highest BCUT2D eigenvalue weighted by atomic mass is 32.2. The van der Waals surface area contributed by atoms with E-state index in [0.29, 0.717) is 19.6 Å². The van der Waals surface area contributed by atoms with Gasteiger partial charge >= 0.3 is 0 Å². The molecule has 0 radical (unpaired) electrons. The van der Waals surface area contributed by atoms with Gasteiger partial charge < -0.3 is 10.2 Å². The number of hydrogen-bond acceptors (Lipinski definition) is 4. The van der Waals surface area contributed by atoms with E-state index < -0.39 is 0 Å². The Labute approximate surface area is 129 Å². The van der Waals surface area contributed by atoms with E-state index in [2.05, 4.69) is 35.8 Å². The molecule has 5 nitrogen and oxygen atoms in total. The van der Waals surface area contributed by atoms with E-state index in [-0.39, 0.29) is 18.4 Å². The second kappa shape index (κ2) is 7.47. The summed E-state index contributed by atoms with van der Waals surface area (Å²) in [5.41, 5.74) is 1.18. The highest BCUT2D eigenvalue weighted by molar-refractivity contribution is 7.98. The predicted molar refractivity (Wildman–Crippen MR) is 84.1 cm³/mol. The Balaban J connectivity index is 1.84. The Morgan fingerprint density at radius 1 is 1.38 bits per heavy atom. The van der Waals surface area contributed by atoms with Gasteiger partial charge in [-0.1, -0.05) is 12.1 Å². The second-order valence-corrected chi connectivity index (χ2v) is 6.07. The molecule has 1 heterocycles. The SMILES string of the molecule is CSc1ccc(CN(C)CC(=O)N2CCNC(=O)C2)cc1. The molecule has 0 aromatic heterocycles. The van der Waals surface area contributed by atoms with Crippen molar-refractivity contribution in [2.45, 2.75) is 11.4 Å². The Hall–Kier alpha value is -1.53. The summed E-state index contributed by atoms with van der Waals surface area (Å²) < 4.78 is 0. The van der Waals surface area contributed by atoms with Crippen LogP contribution in [0, 0.1) is 0 Å². The highest BCUT2D eigenvalue weighted by Crippen LogP contribution is 2.15. The fourth-order valence-electron chi connectivity index (χ4n) is 2.28. The van der Waals surface area contributed by atoms with Gasteiger partial charge in [0.15, 0.2) is 0 Å². The molecule has 2 rings (SSSR count). The van der Waals surface area contributed by atoms with Gasteiger partial charge in [-0.3, -0.25) is 14.5 Å². The van der Waals surface area contributed by atoms with Crippen molar-refractivity contribution >= 4 is 23.6 Å². The monoisotopic (exact) mass is 307 g/mol. The van der Waals surface area contributed by atoms with E-state index in [9.17, 15) is 9.59 Å². The number of nitrogens with one attached hydrogen (secondary N) is 1. The quantitative estimate of drug-likeness (QED) is 0.818. The summed E-state index contributed by atoms with van der Waals surface area (Å²) in [6.45, 7) is 2.37. The number of piperazine rings is 1. The van der Waals surface area contributed by atoms with Gasteiger partial charge in [-0.05, 0) is 31.0 Å². The van der Waals surface area contributed by atoms with Crippen molar-refractivity contribution < 1.29 is 9.59 Å². The minimum atomic E-state index is -0.0788. The predicted octanol–water partition coefficient (Wildman–Crippen LogP) is 0.799. The zero-order valence-corrected chi connectivity index (χ0v) is 13.3. The first-order valence-corrected chi connectivity index (χ1v) is 8.17. The maximum absolute atomic E-state index is 12.1. The van der Waals surface area contributed by atoms with Crippen LogP contribution in [-0.4, -0.2) is 61.1 Å². The smallest absolute Gasteiger partial charge is 0.239 e. The number of carbonyl (C=O) groups excluding carboxylic acids is 2. The van der Waals surface area contributed by atoms with Crippen LogP contribution in [0.2, 0.25) is 0 Å². The first-order valence-electron chi connectivity index (χ1n) is 6.94. The third-order valence-corrected chi connectivity index (χ3v) is 4.15. The molecule has 1 saturated heterocycles. The average molecular weight is 307 g/mol. The number of thioether (sulfide) groups is 1. The third kappa shape index (κ3) is 4.75. The molecule has 0 aliphatic carbocycles. The molecule has 114 valence electrons. The van der Waals surface area contributed by atoms with Gasteiger partial charge in [-0.15, -0.1) is 11.8 Å². The van der Waals surface area contributed by atoms with Gasteiger partial charge in [0.05, 0.1) is 13.1 Å². The van der Waals surface area contributed by atoms with Crippen molar-refractivity contribution in [3.05, 3.63) is 29.8 Å². The number of amides is 2. The zero-order valence-electron chi connectivity index (χ0n) is 12.5. The number of likely N-dealkylation sites (N-methyl/N-ethyl adjacent to an activating group) is 1. The molecule has 0 unspecified atom stereocenters. The molecular formula is C15H21N3O2S. The maximum Gasteiger partial charge on any atom is 0.239 e. The lowest BCUT2D eigenvalue weighted by Gasteiger charge is -2.28. The summed E-state index contributed by atoms with van der Waals surface area (Å²) in [5.74, 6) is -0.0713. The van der Waals surface area contributed by atoms with Gasteiger partial charge in [-0.2, -0.15) is 0 Å². The van der Waals surface area contributed by atoms with Crippen molar-refractivity contribution in [2.75, 3.05) is 39.5 Å². The fourth-order valence-corrected chi connectivity index (χ4v) is 2.69. The molecule has 1 N–H and O–H groups in total. The lowest BCUT2D eigenvalue weighted by atomic mass is 10.2. The van der Waals surface area contributed by atoms with E-state index in [0.717, 1.165) is 6.54 Å². The van der Waals surface area contributed by atoms with Gasteiger partial charge in [0.25, 0.3) is 0 Å². The number of benzene rings is 1. The number of carbonyl (C=O) groups is 2. The molecule has 0 bridgehead atoms. The van der Waals surface area contributed by atoms with Crippen molar-refractivity contribution in [2.24, 2.45) is 0 Å². The summed E-state index contributed by atoms with van der Waals surface area (Å²) in [6, 6.07) is 8.34. The molecule has 2 amide bonds. The molecular weight excluding hydrogens is 286 g/mol. The van der Waals surface area contributed by atoms with Gasteiger partial charge in [0.1, 0.15) is 0 Å². The van der Waals surface area contributed by atoms with Crippen molar-refractivity contribution in [3.8, 4) is 0 Å². The van der Waals surface area contributed by atoms with E-state index in [1.807, 2.05) is 11.9 Å². The standard InChI is InChI=1S/C15H21N3O2S/c1-17(9-12-3-5-13(21-2)6-4-12)11-15(20)18-8-7-16-14(19)10-18/h3-6H,7-11H2,1-2H3,(H,16,19). The Morgan fingerprint density at radius 2 is 2.10 bits per heavy atom. The number of rotatable bonds is 5. The largest absolute Gasteiger partial charge is 0.353 e. The van der Waals surface area contributed by atoms with E-state index in [1.165, 1.54) is 10.5 Å². The number of hydrogen-bond donors (Lipinski definition) is 1. The summed E-state index contributed by atoms with van der Waals surface area (Å²) in [6.07, 6.45) is 2.05. The van der Waals surface area contributed by atoms with E-state index in [1.54, 1.807) is 16.7 Å². The fraction of sp³-hybridized carbons (Fsp3) is 0.467. The van der Waals surface area contributed by atoms with Crippen LogP contribution in [0.25, 0.3) is 0 Å². The first-order chi connectivity index (χ1) is 10.1. The normalized spacial score (nSPS) is 15.2. The van der Waals surface area contributed by atoms with Crippen LogP contribution >= 0.6 is 11.8 Å². The summed E-state index contributed by atoms with van der Waals surface area (Å²) in [4.78, 5) is 28.3.